The van der Waals surface area contributed by atoms with Crippen molar-refractivity contribution in [3.63, 3.8) is 0 Å². The van der Waals surface area contributed by atoms with Crippen molar-refractivity contribution in [2.75, 3.05) is 45.9 Å². The number of benzene rings is 1. The van der Waals surface area contributed by atoms with Crippen LogP contribution in [0.5, 0.6) is 0 Å². The summed E-state index contributed by atoms with van der Waals surface area (Å²) in [5.74, 6) is 0. The molecule has 3 heteroatoms. The van der Waals surface area contributed by atoms with Crippen LogP contribution in [-0.4, -0.2) is 60.6 Å². The van der Waals surface area contributed by atoms with Gasteiger partial charge in [-0.2, -0.15) is 0 Å². The zero-order valence-corrected chi connectivity index (χ0v) is 13.0. The van der Waals surface area contributed by atoms with Crippen LogP contribution in [-0.2, 0) is 6.54 Å². The SMILES string of the molecule is C=C1CN2CCCN(Cc3ccccc3)CCCN(C1)C2. The van der Waals surface area contributed by atoms with Gasteiger partial charge in [0.05, 0.1) is 6.67 Å². The first-order chi connectivity index (χ1) is 10.3. The van der Waals surface area contributed by atoms with Gasteiger partial charge in [-0.15, -0.1) is 0 Å². The smallest absolute Gasteiger partial charge is 0.0512 e. The van der Waals surface area contributed by atoms with Gasteiger partial charge >= 0.3 is 0 Å². The van der Waals surface area contributed by atoms with Crippen molar-refractivity contribution < 1.29 is 0 Å². The fraction of sp³-hybridized carbons (Fsp3) is 0.556. The van der Waals surface area contributed by atoms with E-state index in [1.807, 2.05) is 0 Å². The Balaban J connectivity index is 1.58. The van der Waals surface area contributed by atoms with E-state index in [0.717, 1.165) is 26.3 Å². The third kappa shape index (κ3) is 4.40. The second-order valence-electron chi connectivity index (χ2n) is 6.47. The number of nitrogens with zero attached hydrogens (tertiary/aromatic N) is 3. The lowest BCUT2D eigenvalue weighted by molar-refractivity contribution is 0.0951. The van der Waals surface area contributed by atoms with E-state index in [-0.39, 0.29) is 0 Å². The summed E-state index contributed by atoms with van der Waals surface area (Å²) in [5.41, 5.74) is 2.81. The molecule has 1 aromatic rings. The molecule has 2 aliphatic rings. The molecule has 2 atom stereocenters. The summed E-state index contributed by atoms with van der Waals surface area (Å²) in [6, 6.07) is 10.9. The highest BCUT2D eigenvalue weighted by Gasteiger charge is 2.20. The monoisotopic (exact) mass is 285 g/mol. The molecule has 21 heavy (non-hydrogen) atoms. The maximum absolute atomic E-state index is 4.20. The van der Waals surface area contributed by atoms with Gasteiger partial charge in [0.2, 0.25) is 0 Å². The van der Waals surface area contributed by atoms with Crippen LogP contribution in [0, 0.1) is 0 Å². The van der Waals surface area contributed by atoms with E-state index in [0.29, 0.717) is 0 Å². The normalized spacial score (nSPS) is 28.3. The summed E-state index contributed by atoms with van der Waals surface area (Å²) >= 11 is 0. The average Bonchev–Trinajstić information content (AvgIpc) is 2.47. The maximum Gasteiger partial charge on any atom is 0.0512 e. The highest BCUT2D eigenvalue weighted by molar-refractivity contribution is 5.14. The number of hydrogen-bond acceptors (Lipinski definition) is 3. The van der Waals surface area contributed by atoms with E-state index in [1.54, 1.807) is 0 Å². The summed E-state index contributed by atoms with van der Waals surface area (Å²) in [6.45, 7) is 13.4. The number of hydrogen-bond donors (Lipinski definition) is 0. The van der Waals surface area contributed by atoms with Crippen molar-refractivity contribution >= 4 is 0 Å². The second-order valence-corrected chi connectivity index (χ2v) is 6.47. The average molecular weight is 285 g/mol. The fourth-order valence-electron chi connectivity index (χ4n) is 3.51. The Labute approximate surface area is 128 Å². The first-order valence-electron chi connectivity index (χ1n) is 8.17. The maximum atomic E-state index is 4.20. The molecule has 2 fully saturated rings. The largest absolute Gasteiger partial charge is 0.299 e. The highest BCUT2D eigenvalue weighted by atomic mass is 15.3. The molecule has 3 nitrogen and oxygen atoms in total. The molecule has 2 aliphatic heterocycles. The van der Waals surface area contributed by atoms with Crippen molar-refractivity contribution in [1.29, 1.82) is 0 Å². The molecule has 2 heterocycles. The molecule has 0 aromatic heterocycles. The Kier molecular flexibility index (Phi) is 5.07. The van der Waals surface area contributed by atoms with Gasteiger partial charge in [0.25, 0.3) is 0 Å². The standard InChI is InChI=1S/C18H27N3/c1-17-13-20-11-5-9-19(10-6-12-21(14-17)16-20)15-18-7-3-2-4-8-18/h2-4,7-8H,1,5-6,9-16H2. The summed E-state index contributed by atoms with van der Waals surface area (Å²) in [6.07, 6.45) is 2.52. The second kappa shape index (κ2) is 7.21. The van der Waals surface area contributed by atoms with Crippen molar-refractivity contribution in [3.8, 4) is 0 Å². The van der Waals surface area contributed by atoms with Crippen molar-refractivity contribution in [3.05, 3.63) is 48.0 Å². The van der Waals surface area contributed by atoms with E-state index in [9.17, 15) is 0 Å². The quantitative estimate of drug-likeness (QED) is 0.773. The van der Waals surface area contributed by atoms with Crippen molar-refractivity contribution in [1.82, 2.24) is 14.7 Å². The van der Waals surface area contributed by atoms with Crippen molar-refractivity contribution in [2.45, 2.75) is 19.4 Å². The minimum Gasteiger partial charge on any atom is -0.299 e. The summed E-state index contributed by atoms with van der Waals surface area (Å²) in [4.78, 5) is 7.73. The van der Waals surface area contributed by atoms with Crippen LogP contribution in [0.1, 0.15) is 18.4 Å². The Morgan fingerprint density at radius 3 is 2.10 bits per heavy atom. The lowest BCUT2D eigenvalue weighted by atomic mass is 10.1. The minimum absolute atomic E-state index is 1.09. The molecule has 0 radical (unpaired) electrons. The molecule has 0 saturated carbocycles. The molecule has 0 N–H and O–H groups in total. The van der Waals surface area contributed by atoms with Gasteiger partial charge in [0, 0.05) is 32.7 Å². The first-order valence-corrected chi connectivity index (χ1v) is 8.17. The molecule has 3 rings (SSSR count). The minimum atomic E-state index is 1.09. The van der Waals surface area contributed by atoms with Gasteiger partial charge in [-0.1, -0.05) is 36.9 Å². The molecule has 114 valence electrons. The molecule has 2 bridgehead atoms. The van der Waals surface area contributed by atoms with Gasteiger partial charge in [-0.3, -0.25) is 14.7 Å². The predicted molar refractivity (Wildman–Crippen MR) is 88.1 cm³/mol. The van der Waals surface area contributed by atoms with Gasteiger partial charge in [-0.05, 0) is 37.1 Å². The van der Waals surface area contributed by atoms with E-state index in [4.69, 9.17) is 0 Å². The van der Waals surface area contributed by atoms with E-state index < -0.39 is 0 Å². The highest BCUT2D eigenvalue weighted by Crippen LogP contribution is 2.14. The lowest BCUT2D eigenvalue weighted by Crippen LogP contribution is -2.48. The Morgan fingerprint density at radius 2 is 1.48 bits per heavy atom. The number of fused-ring (bicyclic) bond motifs is 2. The summed E-state index contributed by atoms with van der Waals surface area (Å²) in [5, 5.41) is 0. The third-order valence-electron chi connectivity index (χ3n) is 4.44. The molecule has 0 amide bonds. The molecule has 1 aromatic carbocycles. The zero-order valence-electron chi connectivity index (χ0n) is 13.0. The summed E-state index contributed by atoms with van der Waals surface area (Å²) in [7, 11) is 0. The third-order valence-corrected chi connectivity index (χ3v) is 4.44. The van der Waals surface area contributed by atoms with Gasteiger partial charge < -0.3 is 0 Å². The molecule has 0 aliphatic carbocycles. The molecular weight excluding hydrogens is 258 g/mol. The van der Waals surface area contributed by atoms with Gasteiger partial charge in [0.1, 0.15) is 0 Å². The zero-order chi connectivity index (χ0) is 14.5. The van der Waals surface area contributed by atoms with Gasteiger partial charge in [0.15, 0.2) is 0 Å². The Hall–Kier alpha value is -1.16. The summed E-state index contributed by atoms with van der Waals surface area (Å²) < 4.78 is 0. The molecule has 0 spiro atoms. The molecular formula is C18H27N3. The van der Waals surface area contributed by atoms with Crippen LogP contribution in [0.3, 0.4) is 0 Å². The van der Waals surface area contributed by atoms with Crippen LogP contribution >= 0.6 is 0 Å². The van der Waals surface area contributed by atoms with E-state index in [2.05, 4.69) is 51.6 Å². The van der Waals surface area contributed by atoms with Crippen LogP contribution in [0.25, 0.3) is 0 Å². The van der Waals surface area contributed by atoms with Gasteiger partial charge in [-0.25, -0.2) is 0 Å². The Bertz CT molecular complexity index is 437. The lowest BCUT2D eigenvalue weighted by Gasteiger charge is -2.38. The first kappa shape index (κ1) is 14.8. The van der Waals surface area contributed by atoms with E-state index in [1.165, 1.54) is 50.2 Å². The van der Waals surface area contributed by atoms with Crippen LogP contribution < -0.4 is 0 Å². The topological polar surface area (TPSA) is 9.72 Å². The fourth-order valence-corrected chi connectivity index (χ4v) is 3.51. The number of rotatable bonds is 2. The van der Waals surface area contributed by atoms with Crippen LogP contribution in [0.15, 0.2) is 42.5 Å². The van der Waals surface area contributed by atoms with Crippen molar-refractivity contribution in [2.24, 2.45) is 0 Å². The molecule has 2 saturated heterocycles. The predicted octanol–water partition coefficient (Wildman–Crippen LogP) is 2.41. The Morgan fingerprint density at radius 1 is 0.857 bits per heavy atom. The van der Waals surface area contributed by atoms with E-state index >= 15 is 0 Å². The molecule has 2 unspecified atom stereocenters. The van der Waals surface area contributed by atoms with Crippen LogP contribution in [0.2, 0.25) is 0 Å². The van der Waals surface area contributed by atoms with Crippen LogP contribution in [0.4, 0.5) is 0 Å².